The van der Waals surface area contributed by atoms with Crippen molar-refractivity contribution >= 4 is 45.1 Å². The Bertz CT molecular complexity index is 362. The monoisotopic (exact) mass is 336 g/mol. The molecule has 0 radical (unpaired) electrons. The number of aromatic nitrogens is 1. The number of anilines is 1. The summed E-state index contributed by atoms with van der Waals surface area (Å²) in [5.41, 5.74) is 1.07. The van der Waals surface area contributed by atoms with Crippen molar-refractivity contribution in [3.8, 4) is 0 Å². The van der Waals surface area contributed by atoms with Gasteiger partial charge in [0.15, 0.2) is 0 Å². The van der Waals surface area contributed by atoms with Gasteiger partial charge in [0, 0.05) is 35.1 Å². The summed E-state index contributed by atoms with van der Waals surface area (Å²) in [6.07, 6.45) is 5.07. The van der Waals surface area contributed by atoms with E-state index in [4.69, 9.17) is 11.6 Å². The summed E-state index contributed by atoms with van der Waals surface area (Å²) in [6.45, 7) is 2.20. The van der Waals surface area contributed by atoms with Crippen molar-refractivity contribution in [2.45, 2.75) is 25.3 Å². The third-order valence-electron chi connectivity index (χ3n) is 2.77. The summed E-state index contributed by atoms with van der Waals surface area (Å²) < 4.78 is 0.975. The van der Waals surface area contributed by atoms with Crippen molar-refractivity contribution in [3.05, 3.63) is 22.3 Å². The molecule has 1 aromatic heterocycles. The Morgan fingerprint density at radius 1 is 1.59 bits per heavy atom. The summed E-state index contributed by atoms with van der Waals surface area (Å²) in [6, 6.07) is 2.54. The van der Waals surface area contributed by atoms with Crippen LogP contribution in [0.3, 0.4) is 0 Å². The van der Waals surface area contributed by atoms with Crippen LogP contribution in [0, 0.1) is 0 Å². The van der Waals surface area contributed by atoms with Gasteiger partial charge in [0.05, 0.1) is 5.88 Å². The summed E-state index contributed by atoms with van der Waals surface area (Å²) in [7, 11) is 2.09. The minimum atomic E-state index is 0.488. The Hall–Kier alpha value is 0.0700. The van der Waals surface area contributed by atoms with Gasteiger partial charge in [-0.15, -0.1) is 11.6 Å². The standard InChI is InChI=1S/C12H18BrClN2S/c1-4-11(8-17-3)16(2)12-9(6-14)5-10(13)7-15-12/h5,7,11H,4,6,8H2,1-3H3. The zero-order valence-electron chi connectivity index (χ0n) is 10.4. The first-order valence-electron chi connectivity index (χ1n) is 5.56. The molecule has 0 aliphatic heterocycles. The van der Waals surface area contributed by atoms with E-state index in [1.54, 1.807) is 0 Å². The van der Waals surface area contributed by atoms with Gasteiger partial charge < -0.3 is 4.90 Å². The molecule has 1 aromatic rings. The molecule has 0 aliphatic carbocycles. The number of halogens is 2. The zero-order valence-corrected chi connectivity index (χ0v) is 13.6. The number of alkyl halides is 1. The minimum absolute atomic E-state index is 0.488. The smallest absolute Gasteiger partial charge is 0.133 e. The maximum Gasteiger partial charge on any atom is 0.133 e. The van der Waals surface area contributed by atoms with Gasteiger partial charge in [0.2, 0.25) is 0 Å². The molecule has 0 aliphatic rings. The van der Waals surface area contributed by atoms with Crippen LogP contribution in [0.15, 0.2) is 16.7 Å². The van der Waals surface area contributed by atoms with Crippen LogP contribution < -0.4 is 4.90 Å². The third-order valence-corrected chi connectivity index (χ3v) is 4.21. The molecule has 1 heterocycles. The fraction of sp³-hybridized carbons (Fsp3) is 0.583. The molecule has 0 bridgehead atoms. The van der Waals surface area contributed by atoms with E-state index >= 15 is 0 Å². The molecule has 96 valence electrons. The molecular formula is C12H18BrClN2S. The second-order valence-corrected chi connectivity index (χ2v) is 5.99. The van der Waals surface area contributed by atoms with Crippen LogP contribution in [0.5, 0.6) is 0 Å². The molecule has 2 nitrogen and oxygen atoms in total. The first kappa shape index (κ1) is 15.1. The fourth-order valence-electron chi connectivity index (χ4n) is 1.76. The first-order chi connectivity index (χ1) is 8.13. The van der Waals surface area contributed by atoms with Crippen LogP contribution >= 0.6 is 39.3 Å². The Kier molecular flexibility index (Phi) is 6.67. The number of nitrogens with zero attached hydrogens (tertiary/aromatic N) is 2. The third kappa shape index (κ3) is 4.04. The van der Waals surface area contributed by atoms with E-state index in [1.165, 1.54) is 0 Å². The average Bonchev–Trinajstić information content (AvgIpc) is 2.34. The van der Waals surface area contributed by atoms with Gasteiger partial charge in [-0.3, -0.25) is 0 Å². The molecule has 0 saturated carbocycles. The van der Waals surface area contributed by atoms with Crippen molar-refractivity contribution in [2.24, 2.45) is 0 Å². The van der Waals surface area contributed by atoms with Crippen LogP contribution in [0.2, 0.25) is 0 Å². The van der Waals surface area contributed by atoms with E-state index in [0.717, 1.165) is 28.0 Å². The van der Waals surface area contributed by atoms with Crippen molar-refractivity contribution < 1.29 is 0 Å². The van der Waals surface area contributed by atoms with Crippen LogP contribution in [0.1, 0.15) is 18.9 Å². The topological polar surface area (TPSA) is 16.1 Å². The first-order valence-corrected chi connectivity index (χ1v) is 8.28. The quantitative estimate of drug-likeness (QED) is 0.725. The van der Waals surface area contributed by atoms with Gasteiger partial charge in [0.25, 0.3) is 0 Å². The van der Waals surface area contributed by atoms with E-state index in [9.17, 15) is 0 Å². The maximum absolute atomic E-state index is 5.98. The summed E-state index contributed by atoms with van der Waals surface area (Å²) in [5.74, 6) is 2.58. The van der Waals surface area contributed by atoms with Crippen LogP contribution in [0.4, 0.5) is 5.82 Å². The number of thioether (sulfide) groups is 1. The fourth-order valence-corrected chi connectivity index (χ4v) is 3.18. The predicted octanol–water partition coefficient (Wildman–Crippen LogP) is 4.16. The lowest BCUT2D eigenvalue weighted by Crippen LogP contribution is -2.34. The molecule has 1 atom stereocenters. The molecule has 5 heteroatoms. The summed E-state index contributed by atoms with van der Waals surface area (Å²) in [4.78, 5) is 6.72. The Balaban J connectivity index is 2.97. The highest BCUT2D eigenvalue weighted by Gasteiger charge is 2.16. The van der Waals surface area contributed by atoms with Crippen molar-refractivity contribution in [1.82, 2.24) is 4.98 Å². The maximum atomic E-state index is 5.98. The average molecular weight is 338 g/mol. The molecular weight excluding hydrogens is 320 g/mol. The normalized spacial score (nSPS) is 12.5. The van der Waals surface area contributed by atoms with E-state index < -0.39 is 0 Å². The van der Waals surface area contributed by atoms with E-state index in [0.29, 0.717) is 11.9 Å². The van der Waals surface area contributed by atoms with Gasteiger partial charge in [-0.25, -0.2) is 4.98 Å². The molecule has 0 N–H and O–H groups in total. The molecule has 0 fully saturated rings. The molecule has 1 rings (SSSR count). The van der Waals surface area contributed by atoms with Crippen LogP contribution in [-0.4, -0.2) is 30.1 Å². The highest BCUT2D eigenvalue weighted by Crippen LogP contribution is 2.25. The lowest BCUT2D eigenvalue weighted by atomic mass is 10.2. The minimum Gasteiger partial charge on any atom is -0.356 e. The van der Waals surface area contributed by atoms with E-state index in [1.807, 2.05) is 24.0 Å². The van der Waals surface area contributed by atoms with Crippen molar-refractivity contribution in [3.63, 3.8) is 0 Å². The lowest BCUT2D eigenvalue weighted by Gasteiger charge is -2.29. The SMILES string of the molecule is CCC(CSC)N(C)c1ncc(Br)cc1CCl. The number of hydrogen-bond donors (Lipinski definition) is 0. The van der Waals surface area contributed by atoms with Crippen LogP contribution in [0.25, 0.3) is 0 Å². The summed E-state index contributed by atoms with van der Waals surface area (Å²) >= 11 is 11.3. The molecule has 0 amide bonds. The molecule has 0 spiro atoms. The molecule has 1 unspecified atom stereocenters. The van der Waals surface area contributed by atoms with Crippen LogP contribution in [-0.2, 0) is 5.88 Å². The van der Waals surface area contributed by atoms with E-state index in [2.05, 4.69) is 46.0 Å². The molecule has 17 heavy (non-hydrogen) atoms. The largest absolute Gasteiger partial charge is 0.356 e. The van der Waals surface area contributed by atoms with Crippen molar-refractivity contribution in [1.29, 1.82) is 0 Å². The zero-order chi connectivity index (χ0) is 12.8. The number of pyridine rings is 1. The highest BCUT2D eigenvalue weighted by atomic mass is 79.9. The Morgan fingerprint density at radius 2 is 2.29 bits per heavy atom. The van der Waals surface area contributed by atoms with E-state index in [-0.39, 0.29) is 0 Å². The number of rotatable bonds is 6. The van der Waals surface area contributed by atoms with Gasteiger partial charge >= 0.3 is 0 Å². The highest BCUT2D eigenvalue weighted by molar-refractivity contribution is 9.10. The van der Waals surface area contributed by atoms with Gasteiger partial charge in [0.1, 0.15) is 5.82 Å². The second kappa shape index (κ2) is 7.49. The lowest BCUT2D eigenvalue weighted by molar-refractivity contribution is 0.664. The number of hydrogen-bond acceptors (Lipinski definition) is 3. The second-order valence-electron chi connectivity index (χ2n) is 3.90. The van der Waals surface area contributed by atoms with Gasteiger partial charge in [-0.1, -0.05) is 6.92 Å². The van der Waals surface area contributed by atoms with Gasteiger partial charge in [-0.2, -0.15) is 11.8 Å². The summed E-state index contributed by atoms with van der Waals surface area (Å²) in [5, 5.41) is 0. The Morgan fingerprint density at radius 3 is 2.82 bits per heavy atom. The van der Waals surface area contributed by atoms with Crippen molar-refractivity contribution in [2.75, 3.05) is 24.0 Å². The Labute approximate surface area is 121 Å². The molecule has 0 saturated heterocycles. The molecule has 0 aromatic carbocycles. The van der Waals surface area contributed by atoms with Gasteiger partial charge in [-0.05, 0) is 34.7 Å². The predicted molar refractivity (Wildman–Crippen MR) is 82.4 cm³/mol.